The summed E-state index contributed by atoms with van der Waals surface area (Å²) in [6.07, 6.45) is 0. The second-order valence-electron chi connectivity index (χ2n) is 6.64. The predicted octanol–water partition coefficient (Wildman–Crippen LogP) is 3.56. The first-order valence-corrected chi connectivity index (χ1v) is 9.35. The molecule has 28 heavy (non-hydrogen) atoms. The Morgan fingerprint density at radius 1 is 0.964 bits per heavy atom. The first-order valence-electron chi connectivity index (χ1n) is 9.35. The number of aryl methyl sites for hydroxylation is 2. The first-order chi connectivity index (χ1) is 13.4. The Labute approximate surface area is 163 Å². The molecule has 148 valence electrons. The van der Waals surface area contributed by atoms with Gasteiger partial charge in [0.1, 0.15) is 11.3 Å². The minimum absolute atomic E-state index is 0.139. The minimum atomic E-state index is -0.524. The number of nitrogens with zero attached hydrogens (tertiary/aromatic N) is 1. The molecule has 3 aromatic rings. The molecule has 0 aliphatic rings. The van der Waals surface area contributed by atoms with Gasteiger partial charge in [-0.1, -0.05) is 32.0 Å². The third-order valence-corrected chi connectivity index (χ3v) is 4.82. The lowest BCUT2D eigenvalue weighted by Gasteiger charge is -2.15. The highest BCUT2D eigenvalue weighted by molar-refractivity contribution is 6.01. The Morgan fingerprint density at radius 3 is 2.36 bits per heavy atom. The van der Waals surface area contributed by atoms with Crippen LogP contribution in [0.1, 0.15) is 51.8 Å². The maximum atomic E-state index is 12.5. The van der Waals surface area contributed by atoms with E-state index in [2.05, 4.69) is 29.6 Å². The highest BCUT2D eigenvalue weighted by Gasteiger charge is 2.20. The molecule has 0 fully saturated rings. The average molecular weight is 383 g/mol. The van der Waals surface area contributed by atoms with Gasteiger partial charge in [-0.3, -0.25) is 25.3 Å². The van der Waals surface area contributed by atoms with E-state index in [1.807, 2.05) is 32.0 Å². The van der Waals surface area contributed by atoms with Crippen molar-refractivity contribution in [2.45, 2.75) is 34.2 Å². The van der Waals surface area contributed by atoms with Crippen molar-refractivity contribution in [2.24, 2.45) is 0 Å². The fourth-order valence-electron chi connectivity index (χ4n) is 3.09. The molecule has 2 heterocycles. The highest BCUT2D eigenvalue weighted by Crippen LogP contribution is 2.27. The molecule has 0 unspecified atom stereocenters. The summed E-state index contributed by atoms with van der Waals surface area (Å²) in [4.78, 5) is 26.9. The smallest absolute Gasteiger partial charge is 0.305 e. The zero-order valence-corrected chi connectivity index (χ0v) is 16.6. The molecule has 0 saturated carbocycles. The van der Waals surface area contributed by atoms with Gasteiger partial charge in [0.15, 0.2) is 11.5 Å². The summed E-state index contributed by atoms with van der Waals surface area (Å²) in [7, 11) is 0. The second kappa shape index (κ2) is 8.31. The third-order valence-electron chi connectivity index (χ3n) is 4.82. The molecule has 7 heteroatoms. The molecule has 0 radical (unpaired) electrons. The Hall–Kier alpha value is -3.06. The molecular weight excluding hydrogens is 358 g/mol. The van der Waals surface area contributed by atoms with E-state index in [1.54, 1.807) is 12.1 Å². The number of para-hydroxylation sites is 1. The SMILES string of the molecule is CCN(CC)Cc1ccc(C(=O)NNC(=O)c2oc3c(C)cccc3c2C)o1. The van der Waals surface area contributed by atoms with Crippen LogP contribution in [0, 0.1) is 13.8 Å². The van der Waals surface area contributed by atoms with Crippen LogP contribution in [0.4, 0.5) is 0 Å². The fourth-order valence-corrected chi connectivity index (χ4v) is 3.09. The van der Waals surface area contributed by atoms with Crippen molar-refractivity contribution in [1.29, 1.82) is 0 Å². The minimum Gasteiger partial charge on any atom is -0.454 e. The van der Waals surface area contributed by atoms with Crippen LogP contribution >= 0.6 is 0 Å². The number of hydrogen-bond donors (Lipinski definition) is 2. The van der Waals surface area contributed by atoms with Crippen molar-refractivity contribution in [1.82, 2.24) is 15.8 Å². The lowest BCUT2D eigenvalue weighted by atomic mass is 10.1. The summed E-state index contributed by atoms with van der Waals surface area (Å²) in [6.45, 7) is 10.3. The van der Waals surface area contributed by atoms with E-state index in [1.165, 1.54) is 0 Å². The number of fused-ring (bicyclic) bond motifs is 1. The van der Waals surface area contributed by atoms with Crippen LogP contribution in [-0.2, 0) is 6.54 Å². The van der Waals surface area contributed by atoms with Crippen molar-refractivity contribution in [2.75, 3.05) is 13.1 Å². The molecule has 0 bridgehead atoms. The van der Waals surface area contributed by atoms with Crippen LogP contribution in [0.2, 0.25) is 0 Å². The summed E-state index contributed by atoms with van der Waals surface area (Å²) in [5.74, 6) is -0.0323. The average Bonchev–Trinajstić information content (AvgIpc) is 3.30. The number of hydrogen-bond acceptors (Lipinski definition) is 5. The normalized spacial score (nSPS) is 11.2. The van der Waals surface area contributed by atoms with Gasteiger partial charge in [-0.05, 0) is 44.6 Å². The van der Waals surface area contributed by atoms with Gasteiger partial charge in [0, 0.05) is 10.9 Å². The van der Waals surface area contributed by atoms with Gasteiger partial charge in [0.25, 0.3) is 0 Å². The van der Waals surface area contributed by atoms with Crippen molar-refractivity contribution in [3.63, 3.8) is 0 Å². The summed E-state index contributed by atoms with van der Waals surface area (Å²) in [5, 5.41) is 0.878. The standard InChI is InChI=1S/C21H25N3O4/c1-5-24(6-2)12-15-10-11-17(27-15)20(25)22-23-21(26)19-14(4)16-9-7-8-13(3)18(16)28-19/h7-11H,5-6,12H2,1-4H3,(H,22,25)(H,23,26). The fraction of sp³-hybridized carbons (Fsp3) is 0.333. The maximum Gasteiger partial charge on any atom is 0.305 e. The number of hydrazine groups is 1. The number of nitrogens with one attached hydrogen (secondary N) is 2. The molecule has 2 aromatic heterocycles. The van der Waals surface area contributed by atoms with Crippen LogP contribution in [-0.4, -0.2) is 29.8 Å². The van der Waals surface area contributed by atoms with E-state index in [9.17, 15) is 9.59 Å². The van der Waals surface area contributed by atoms with Crippen LogP contribution < -0.4 is 10.9 Å². The van der Waals surface area contributed by atoms with Gasteiger partial charge in [-0.15, -0.1) is 0 Å². The predicted molar refractivity (Wildman–Crippen MR) is 106 cm³/mol. The summed E-state index contributed by atoms with van der Waals surface area (Å²) in [6, 6.07) is 9.09. The van der Waals surface area contributed by atoms with Gasteiger partial charge < -0.3 is 8.83 Å². The van der Waals surface area contributed by atoms with Gasteiger partial charge >= 0.3 is 11.8 Å². The molecule has 0 atom stereocenters. The largest absolute Gasteiger partial charge is 0.454 e. The lowest BCUT2D eigenvalue weighted by Crippen LogP contribution is -2.41. The Kier molecular flexibility index (Phi) is 5.84. The van der Waals surface area contributed by atoms with Crippen LogP contribution in [0.15, 0.2) is 39.2 Å². The number of rotatable bonds is 6. The highest BCUT2D eigenvalue weighted by atomic mass is 16.4. The summed E-state index contributed by atoms with van der Waals surface area (Å²) in [5.41, 5.74) is 7.10. The van der Waals surface area contributed by atoms with Crippen LogP contribution in [0.5, 0.6) is 0 Å². The zero-order chi connectivity index (χ0) is 20.3. The molecule has 0 saturated heterocycles. The topological polar surface area (TPSA) is 87.7 Å². The van der Waals surface area contributed by atoms with Crippen molar-refractivity contribution in [3.8, 4) is 0 Å². The van der Waals surface area contributed by atoms with E-state index in [4.69, 9.17) is 8.83 Å². The number of carbonyl (C=O) groups excluding carboxylic acids is 2. The quantitative estimate of drug-likeness (QED) is 0.636. The van der Waals surface area contributed by atoms with E-state index >= 15 is 0 Å². The molecule has 0 spiro atoms. The lowest BCUT2D eigenvalue weighted by molar-refractivity contribution is 0.0815. The molecule has 0 aliphatic carbocycles. The van der Waals surface area contributed by atoms with E-state index in [0.29, 0.717) is 17.9 Å². The molecule has 2 amide bonds. The Morgan fingerprint density at radius 2 is 1.68 bits per heavy atom. The number of amides is 2. The number of carbonyl (C=O) groups is 2. The first kappa shape index (κ1) is 19.7. The van der Waals surface area contributed by atoms with Gasteiger partial charge in [0.05, 0.1) is 6.54 Å². The van der Waals surface area contributed by atoms with E-state index in [0.717, 1.165) is 29.6 Å². The van der Waals surface area contributed by atoms with Gasteiger partial charge in [-0.25, -0.2) is 0 Å². The van der Waals surface area contributed by atoms with Gasteiger partial charge in [-0.2, -0.15) is 0 Å². The molecular formula is C21H25N3O4. The van der Waals surface area contributed by atoms with Crippen molar-refractivity contribution < 1.29 is 18.4 Å². The monoisotopic (exact) mass is 383 g/mol. The zero-order valence-electron chi connectivity index (χ0n) is 16.6. The molecule has 7 nitrogen and oxygen atoms in total. The Balaban J connectivity index is 1.65. The van der Waals surface area contributed by atoms with Crippen LogP contribution in [0.25, 0.3) is 11.0 Å². The summed E-state index contributed by atoms with van der Waals surface area (Å²) >= 11 is 0. The molecule has 0 aliphatic heterocycles. The van der Waals surface area contributed by atoms with E-state index < -0.39 is 11.8 Å². The summed E-state index contributed by atoms with van der Waals surface area (Å²) < 4.78 is 11.3. The Bertz CT molecular complexity index is 998. The number of benzene rings is 1. The molecule has 3 rings (SSSR count). The molecule has 2 N–H and O–H groups in total. The van der Waals surface area contributed by atoms with Crippen molar-refractivity contribution in [3.05, 3.63) is 58.7 Å². The third kappa shape index (κ3) is 3.94. The second-order valence-corrected chi connectivity index (χ2v) is 6.64. The van der Waals surface area contributed by atoms with E-state index in [-0.39, 0.29) is 11.5 Å². The van der Waals surface area contributed by atoms with Gasteiger partial charge in [0.2, 0.25) is 0 Å². The molecule has 1 aromatic carbocycles. The van der Waals surface area contributed by atoms with Crippen LogP contribution in [0.3, 0.4) is 0 Å². The van der Waals surface area contributed by atoms with Crippen molar-refractivity contribution >= 4 is 22.8 Å². The maximum absolute atomic E-state index is 12.5. The number of furan rings is 2.